The summed E-state index contributed by atoms with van der Waals surface area (Å²) in [5.74, 6) is -0.0344. The van der Waals surface area contributed by atoms with Crippen LogP contribution < -0.4 is 10.1 Å². The fraction of sp³-hybridized carbons (Fsp3) is 0.417. The van der Waals surface area contributed by atoms with Crippen LogP contribution in [0.5, 0.6) is 5.75 Å². The van der Waals surface area contributed by atoms with E-state index in [-0.39, 0.29) is 11.7 Å². The van der Waals surface area contributed by atoms with Gasteiger partial charge < -0.3 is 10.1 Å². The Bertz CT molecular complexity index is 385. The molecule has 0 saturated carbocycles. The van der Waals surface area contributed by atoms with Crippen molar-refractivity contribution >= 4 is 23.2 Å². The van der Waals surface area contributed by atoms with Crippen molar-refractivity contribution in [3.05, 3.63) is 24.0 Å². The summed E-state index contributed by atoms with van der Waals surface area (Å²) in [6.07, 6.45) is 0.936. The molecule has 0 radical (unpaired) electrons. The molecule has 0 atom stereocenters. The van der Waals surface area contributed by atoms with Crippen molar-refractivity contribution in [3.8, 4) is 5.75 Å². The largest absolute Gasteiger partial charge is 0.491 e. The SMILES string of the molecule is CCOc1ccc(NC(=O)CCCCl)cc1F. The van der Waals surface area contributed by atoms with Crippen molar-refractivity contribution in [2.24, 2.45) is 0 Å². The summed E-state index contributed by atoms with van der Waals surface area (Å²) in [4.78, 5) is 11.4. The molecule has 1 aromatic carbocycles. The number of hydrogen-bond acceptors (Lipinski definition) is 2. The summed E-state index contributed by atoms with van der Waals surface area (Å²) in [7, 11) is 0. The maximum absolute atomic E-state index is 13.4. The van der Waals surface area contributed by atoms with Gasteiger partial charge in [-0.05, 0) is 25.5 Å². The van der Waals surface area contributed by atoms with Crippen LogP contribution in [0, 0.1) is 5.82 Å². The first-order valence-electron chi connectivity index (χ1n) is 5.45. The van der Waals surface area contributed by atoms with Crippen LogP contribution in [0.25, 0.3) is 0 Å². The molecule has 0 spiro atoms. The van der Waals surface area contributed by atoms with E-state index in [0.717, 1.165) is 0 Å². The number of rotatable bonds is 6. The molecule has 1 amide bonds. The zero-order chi connectivity index (χ0) is 12.7. The topological polar surface area (TPSA) is 38.3 Å². The second-order valence-corrected chi connectivity index (χ2v) is 3.80. The molecule has 0 saturated heterocycles. The lowest BCUT2D eigenvalue weighted by atomic mass is 10.2. The van der Waals surface area contributed by atoms with Gasteiger partial charge in [-0.15, -0.1) is 11.6 Å². The third kappa shape index (κ3) is 4.61. The maximum Gasteiger partial charge on any atom is 0.224 e. The monoisotopic (exact) mass is 259 g/mol. The van der Waals surface area contributed by atoms with Gasteiger partial charge in [0.2, 0.25) is 5.91 Å². The van der Waals surface area contributed by atoms with E-state index in [2.05, 4.69) is 5.32 Å². The van der Waals surface area contributed by atoms with E-state index in [9.17, 15) is 9.18 Å². The van der Waals surface area contributed by atoms with Crippen molar-refractivity contribution in [2.45, 2.75) is 19.8 Å². The van der Waals surface area contributed by atoms with Gasteiger partial charge in [-0.2, -0.15) is 0 Å². The highest BCUT2D eigenvalue weighted by Gasteiger charge is 2.06. The molecule has 0 bridgehead atoms. The predicted molar refractivity (Wildman–Crippen MR) is 66.2 cm³/mol. The number of ether oxygens (including phenoxy) is 1. The summed E-state index contributed by atoms with van der Waals surface area (Å²) in [5, 5.41) is 2.59. The Labute approximate surface area is 105 Å². The van der Waals surface area contributed by atoms with Crippen LogP contribution in [0.4, 0.5) is 10.1 Å². The molecular formula is C12H15ClFNO2. The van der Waals surface area contributed by atoms with Gasteiger partial charge in [0.25, 0.3) is 0 Å². The fourth-order valence-corrected chi connectivity index (χ4v) is 1.44. The van der Waals surface area contributed by atoms with E-state index >= 15 is 0 Å². The van der Waals surface area contributed by atoms with Crippen LogP contribution in [0.2, 0.25) is 0 Å². The molecule has 3 nitrogen and oxygen atoms in total. The van der Waals surface area contributed by atoms with Gasteiger partial charge in [-0.3, -0.25) is 4.79 Å². The van der Waals surface area contributed by atoms with Crippen LogP contribution in [-0.4, -0.2) is 18.4 Å². The Balaban J connectivity index is 2.60. The first-order valence-corrected chi connectivity index (χ1v) is 5.99. The van der Waals surface area contributed by atoms with E-state index in [1.165, 1.54) is 12.1 Å². The minimum absolute atomic E-state index is 0.172. The van der Waals surface area contributed by atoms with Crippen LogP contribution >= 0.6 is 11.6 Å². The average molecular weight is 260 g/mol. The smallest absolute Gasteiger partial charge is 0.224 e. The number of alkyl halides is 1. The summed E-state index contributed by atoms with van der Waals surface area (Å²) in [6.45, 7) is 2.18. The van der Waals surface area contributed by atoms with Crippen molar-refractivity contribution in [1.29, 1.82) is 0 Å². The second kappa shape index (κ2) is 7.12. The van der Waals surface area contributed by atoms with Crippen LogP contribution in [0.15, 0.2) is 18.2 Å². The van der Waals surface area contributed by atoms with Crippen molar-refractivity contribution in [1.82, 2.24) is 0 Å². The lowest BCUT2D eigenvalue weighted by molar-refractivity contribution is -0.116. The van der Waals surface area contributed by atoms with Gasteiger partial charge in [-0.25, -0.2) is 4.39 Å². The summed E-state index contributed by atoms with van der Waals surface area (Å²) >= 11 is 5.47. The molecule has 0 heterocycles. The highest BCUT2D eigenvalue weighted by Crippen LogP contribution is 2.21. The lowest BCUT2D eigenvalue weighted by Gasteiger charge is -2.08. The molecule has 1 rings (SSSR count). The Hall–Kier alpha value is -1.29. The van der Waals surface area contributed by atoms with Crippen LogP contribution in [-0.2, 0) is 4.79 Å². The second-order valence-electron chi connectivity index (χ2n) is 3.42. The molecule has 17 heavy (non-hydrogen) atoms. The molecule has 0 aromatic heterocycles. The highest BCUT2D eigenvalue weighted by atomic mass is 35.5. The third-order valence-electron chi connectivity index (χ3n) is 2.05. The summed E-state index contributed by atoms with van der Waals surface area (Å²) in [6, 6.07) is 4.34. The quantitative estimate of drug-likeness (QED) is 0.797. The van der Waals surface area contributed by atoms with Gasteiger partial charge in [-0.1, -0.05) is 0 Å². The van der Waals surface area contributed by atoms with Gasteiger partial charge in [0, 0.05) is 24.1 Å². The van der Waals surface area contributed by atoms with E-state index in [4.69, 9.17) is 16.3 Å². The Morgan fingerprint density at radius 2 is 2.29 bits per heavy atom. The minimum Gasteiger partial charge on any atom is -0.491 e. The highest BCUT2D eigenvalue weighted by molar-refractivity contribution is 6.18. The lowest BCUT2D eigenvalue weighted by Crippen LogP contribution is -2.11. The normalized spacial score (nSPS) is 10.1. The number of carbonyl (C=O) groups excluding carboxylic acids is 1. The Morgan fingerprint density at radius 3 is 2.88 bits per heavy atom. The molecule has 0 aliphatic rings. The predicted octanol–water partition coefficient (Wildman–Crippen LogP) is 3.18. The average Bonchev–Trinajstić information content (AvgIpc) is 2.30. The molecule has 1 N–H and O–H groups in total. The number of anilines is 1. The number of nitrogens with one attached hydrogen (secondary N) is 1. The number of hydrogen-bond donors (Lipinski definition) is 1. The summed E-state index contributed by atoms with van der Waals surface area (Å²) in [5.41, 5.74) is 0.422. The van der Waals surface area contributed by atoms with E-state index in [0.29, 0.717) is 31.0 Å². The van der Waals surface area contributed by atoms with Crippen LogP contribution in [0.1, 0.15) is 19.8 Å². The zero-order valence-electron chi connectivity index (χ0n) is 9.63. The maximum atomic E-state index is 13.4. The standard InChI is InChI=1S/C12H15ClFNO2/c1-2-17-11-6-5-9(8-10(11)14)15-12(16)4-3-7-13/h5-6,8H,2-4,7H2,1H3,(H,15,16). The van der Waals surface area contributed by atoms with Crippen molar-refractivity contribution in [2.75, 3.05) is 17.8 Å². The Morgan fingerprint density at radius 1 is 1.53 bits per heavy atom. The molecule has 5 heteroatoms. The van der Waals surface area contributed by atoms with Crippen LogP contribution in [0.3, 0.4) is 0 Å². The molecule has 0 aliphatic heterocycles. The van der Waals surface area contributed by atoms with Crippen molar-refractivity contribution in [3.63, 3.8) is 0 Å². The summed E-state index contributed by atoms with van der Waals surface area (Å²) < 4.78 is 18.5. The minimum atomic E-state index is -0.484. The Kier molecular flexibility index (Phi) is 5.77. The molecule has 1 aromatic rings. The number of amides is 1. The van der Waals surface area contributed by atoms with Gasteiger partial charge in [0.05, 0.1) is 6.61 Å². The van der Waals surface area contributed by atoms with Crippen molar-refractivity contribution < 1.29 is 13.9 Å². The van der Waals surface area contributed by atoms with Gasteiger partial charge >= 0.3 is 0 Å². The number of halogens is 2. The number of carbonyl (C=O) groups is 1. The molecule has 94 valence electrons. The third-order valence-corrected chi connectivity index (χ3v) is 2.32. The van der Waals surface area contributed by atoms with Gasteiger partial charge in [0.15, 0.2) is 11.6 Å². The molecular weight excluding hydrogens is 245 g/mol. The fourth-order valence-electron chi connectivity index (χ4n) is 1.30. The van der Waals surface area contributed by atoms with E-state index in [1.807, 2.05) is 0 Å². The first kappa shape index (κ1) is 13.8. The number of benzene rings is 1. The first-order chi connectivity index (χ1) is 8.17. The molecule has 0 unspecified atom stereocenters. The van der Waals surface area contributed by atoms with E-state index in [1.54, 1.807) is 13.0 Å². The molecule has 0 aliphatic carbocycles. The molecule has 0 fully saturated rings. The van der Waals surface area contributed by atoms with E-state index < -0.39 is 5.82 Å². The van der Waals surface area contributed by atoms with Gasteiger partial charge in [0.1, 0.15) is 0 Å². The zero-order valence-corrected chi connectivity index (χ0v) is 10.4.